The van der Waals surface area contributed by atoms with Crippen molar-refractivity contribution in [2.75, 3.05) is 0 Å². The third-order valence-electron chi connectivity index (χ3n) is 1.86. The van der Waals surface area contributed by atoms with Crippen LogP contribution in [0.4, 0.5) is 4.79 Å². The summed E-state index contributed by atoms with van der Waals surface area (Å²) in [4.78, 5) is 22.0. The number of hydrogen-bond donors (Lipinski definition) is 3. The molecule has 1 amide bonds. The van der Waals surface area contributed by atoms with Crippen molar-refractivity contribution in [2.24, 2.45) is 5.73 Å². The first kappa shape index (κ1) is 14.7. The maximum absolute atomic E-state index is 11.4. The van der Waals surface area contributed by atoms with Crippen LogP contribution in [0.3, 0.4) is 0 Å². The summed E-state index contributed by atoms with van der Waals surface area (Å²) in [5, 5.41) is 11.1. The summed E-state index contributed by atoms with van der Waals surface area (Å²) in [5.41, 5.74) is 4.80. The van der Waals surface area contributed by atoms with Crippen LogP contribution in [0.2, 0.25) is 0 Å². The molecule has 16 heavy (non-hydrogen) atoms. The molecule has 0 spiro atoms. The molecule has 94 valence electrons. The molecule has 0 saturated heterocycles. The highest BCUT2D eigenvalue weighted by atomic mass is 16.6. The van der Waals surface area contributed by atoms with Gasteiger partial charge in [0.05, 0.1) is 6.04 Å². The summed E-state index contributed by atoms with van der Waals surface area (Å²) in [6, 6.07) is -1.76. The molecule has 0 fully saturated rings. The molecule has 2 atom stereocenters. The number of carboxylic acid groups (broad SMARTS) is 1. The van der Waals surface area contributed by atoms with Crippen molar-refractivity contribution in [1.82, 2.24) is 5.32 Å². The maximum atomic E-state index is 11.4. The minimum Gasteiger partial charge on any atom is -0.480 e. The maximum Gasteiger partial charge on any atom is 0.407 e. The van der Waals surface area contributed by atoms with Gasteiger partial charge >= 0.3 is 12.1 Å². The lowest BCUT2D eigenvalue weighted by atomic mass is 10.1. The normalized spacial score (nSPS) is 15.1. The third-order valence-corrected chi connectivity index (χ3v) is 1.86. The molecule has 0 heterocycles. The molecular formula is C10H20N2O4. The smallest absolute Gasteiger partial charge is 0.407 e. The molecule has 0 aliphatic rings. The summed E-state index contributed by atoms with van der Waals surface area (Å²) in [5.74, 6) is -1.15. The monoisotopic (exact) mass is 232 g/mol. The fraction of sp³-hybridized carbons (Fsp3) is 0.800. The van der Waals surface area contributed by atoms with E-state index in [9.17, 15) is 9.59 Å². The zero-order chi connectivity index (χ0) is 12.9. The zero-order valence-electron chi connectivity index (χ0n) is 10.1. The fourth-order valence-electron chi connectivity index (χ4n) is 1.08. The summed E-state index contributed by atoms with van der Waals surface area (Å²) in [7, 11) is 0. The number of ether oxygens (including phenoxy) is 1. The van der Waals surface area contributed by atoms with E-state index < -0.39 is 29.7 Å². The number of alkyl carbamates (subject to hydrolysis) is 1. The van der Waals surface area contributed by atoms with E-state index in [0.717, 1.165) is 0 Å². The van der Waals surface area contributed by atoms with E-state index in [2.05, 4.69) is 5.32 Å². The molecule has 0 aromatic carbocycles. The first-order valence-electron chi connectivity index (χ1n) is 5.15. The molecule has 0 aliphatic heterocycles. The molecule has 6 heteroatoms. The summed E-state index contributed by atoms with van der Waals surface area (Å²) < 4.78 is 5.00. The minimum atomic E-state index is -1.15. The van der Waals surface area contributed by atoms with Crippen molar-refractivity contribution >= 4 is 12.1 Å². The Labute approximate surface area is 95.1 Å². The van der Waals surface area contributed by atoms with Crippen LogP contribution in [0.1, 0.15) is 34.1 Å². The Morgan fingerprint density at radius 3 is 2.25 bits per heavy atom. The van der Waals surface area contributed by atoms with Gasteiger partial charge in [-0.2, -0.15) is 0 Å². The quantitative estimate of drug-likeness (QED) is 0.662. The number of carboxylic acids is 1. The topological polar surface area (TPSA) is 102 Å². The van der Waals surface area contributed by atoms with E-state index in [4.69, 9.17) is 15.6 Å². The highest BCUT2D eigenvalue weighted by Crippen LogP contribution is 2.07. The van der Waals surface area contributed by atoms with Gasteiger partial charge in [0.1, 0.15) is 11.6 Å². The standard InChI is InChI=1S/C10H20N2O4/c1-5-6(7(11)8(13)14)12-9(15)16-10(2,3)4/h6-7H,5,11H2,1-4H3,(H,12,15)(H,13,14). The largest absolute Gasteiger partial charge is 0.480 e. The number of nitrogens with two attached hydrogens (primary N) is 1. The van der Waals surface area contributed by atoms with Crippen LogP contribution in [0.25, 0.3) is 0 Å². The van der Waals surface area contributed by atoms with E-state index in [0.29, 0.717) is 6.42 Å². The van der Waals surface area contributed by atoms with Gasteiger partial charge in [-0.25, -0.2) is 4.79 Å². The number of carbonyl (C=O) groups excluding carboxylic acids is 1. The second-order valence-corrected chi connectivity index (χ2v) is 4.52. The molecule has 2 unspecified atom stereocenters. The van der Waals surface area contributed by atoms with Crippen molar-refractivity contribution in [3.63, 3.8) is 0 Å². The highest BCUT2D eigenvalue weighted by molar-refractivity contribution is 5.76. The average molecular weight is 232 g/mol. The fourth-order valence-corrected chi connectivity index (χ4v) is 1.08. The van der Waals surface area contributed by atoms with Gasteiger partial charge in [-0.05, 0) is 27.2 Å². The second-order valence-electron chi connectivity index (χ2n) is 4.52. The number of hydrogen-bond acceptors (Lipinski definition) is 4. The summed E-state index contributed by atoms with van der Waals surface area (Å²) in [6.07, 6.45) is -0.233. The lowest BCUT2D eigenvalue weighted by Crippen LogP contribution is -2.52. The van der Waals surface area contributed by atoms with Gasteiger partial charge in [0.25, 0.3) is 0 Å². The predicted octanol–water partition coefficient (Wildman–Crippen LogP) is 0.702. The first-order valence-corrected chi connectivity index (χ1v) is 5.15. The van der Waals surface area contributed by atoms with Crippen molar-refractivity contribution in [1.29, 1.82) is 0 Å². The molecule has 4 N–H and O–H groups in total. The number of rotatable bonds is 4. The third kappa shape index (κ3) is 5.55. The molecule has 0 aromatic heterocycles. The van der Waals surface area contributed by atoms with Gasteiger partial charge in [0.2, 0.25) is 0 Å². The van der Waals surface area contributed by atoms with Crippen molar-refractivity contribution in [2.45, 2.75) is 51.8 Å². The average Bonchev–Trinajstić information content (AvgIpc) is 2.09. The van der Waals surface area contributed by atoms with Gasteiger partial charge in [-0.15, -0.1) is 0 Å². The number of aliphatic carboxylic acids is 1. The SMILES string of the molecule is CCC(NC(=O)OC(C)(C)C)C(N)C(=O)O. The lowest BCUT2D eigenvalue weighted by Gasteiger charge is -2.24. The molecule has 0 saturated carbocycles. The Hall–Kier alpha value is -1.30. The Balaban J connectivity index is 4.33. The predicted molar refractivity (Wildman–Crippen MR) is 59.1 cm³/mol. The van der Waals surface area contributed by atoms with Crippen LogP contribution in [0.15, 0.2) is 0 Å². The Morgan fingerprint density at radius 1 is 1.44 bits per heavy atom. The van der Waals surface area contributed by atoms with Crippen LogP contribution < -0.4 is 11.1 Å². The van der Waals surface area contributed by atoms with E-state index in [1.54, 1.807) is 27.7 Å². The van der Waals surface area contributed by atoms with Gasteiger partial charge < -0.3 is 20.9 Å². The Bertz CT molecular complexity index is 260. The number of carbonyl (C=O) groups is 2. The van der Waals surface area contributed by atoms with Crippen LogP contribution in [-0.2, 0) is 9.53 Å². The van der Waals surface area contributed by atoms with Gasteiger partial charge in [-0.1, -0.05) is 6.92 Å². The number of amides is 1. The van der Waals surface area contributed by atoms with Crippen LogP contribution in [-0.4, -0.2) is 34.9 Å². The van der Waals surface area contributed by atoms with Crippen molar-refractivity contribution < 1.29 is 19.4 Å². The molecule has 0 radical (unpaired) electrons. The zero-order valence-corrected chi connectivity index (χ0v) is 10.1. The van der Waals surface area contributed by atoms with E-state index >= 15 is 0 Å². The van der Waals surface area contributed by atoms with Crippen molar-refractivity contribution in [3.05, 3.63) is 0 Å². The van der Waals surface area contributed by atoms with Crippen LogP contribution in [0, 0.1) is 0 Å². The van der Waals surface area contributed by atoms with Crippen LogP contribution in [0.5, 0.6) is 0 Å². The molecule has 0 aliphatic carbocycles. The highest BCUT2D eigenvalue weighted by Gasteiger charge is 2.26. The second kappa shape index (κ2) is 5.69. The van der Waals surface area contributed by atoms with Gasteiger partial charge in [0, 0.05) is 0 Å². The molecule has 0 bridgehead atoms. The minimum absolute atomic E-state index is 0.423. The van der Waals surface area contributed by atoms with E-state index in [-0.39, 0.29) is 0 Å². The molecule has 0 aromatic rings. The Morgan fingerprint density at radius 2 is 1.94 bits per heavy atom. The number of nitrogens with one attached hydrogen (secondary N) is 1. The Kier molecular flexibility index (Phi) is 5.23. The first-order chi connectivity index (χ1) is 7.17. The molecular weight excluding hydrogens is 212 g/mol. The van der Waals surface area contributed by atoms with Crippen molar-refractivity contribution in [3.8, 4) is 0 Å². The lowest BCUT2D eigenvalue weighted by molar-refractivity contribution is -0.139. The summed E-state index contributed by atoms with van der Waals surface area (Å²) in [6.45, 7) is 6.92. The van der Waals surface area contributed by atoms with Gasteiger partial charge in [0.15, 0.2) is 0 Å². The van der Waals surface area contributed by atoms with Crippen LogP contribution >= 0.6 is 0 Å². The molecule has 6 nitrogen and oxygen atoms in total. The van der Waals surface area contributed by atoms with E-state index in [1.165, 1.54) is 0 Å². The van der Waals surface area contributed by atoms with Gasteiger partial charge in [-0.3, -0.25) is 4.79 Å². The van der Waals surface area contributed by atoms with E-state index in [1.807, 2.05) is 0 Å². The molecule has 0 rings (SSSR count). The summed E-state index contributed by atoms with van der Waals surface area (Å²) >= 11 is 0.